The van der Waals surface area contributed by atoms with Gasteiger partial charge in [-0.25, -0.2) is 4.79 Å². The zero-order chi connectivity index (χ0) is 27.5. The second-order valence-corrected chi connectivity index (χ2v) is 14.0. The number of hydrogen-bond donors (Lipinski definition) is 3. The molecule has 3 aliphatic heterocycles. The zero-order valence-corrected chi connectivity index (χ0v) is 23.5. The standard InChI is InChI=1S/C30H44O9/c1-14-22(32)25(35-4)23(33)27(37-14)38-17-7-9-28(2)16(12-17)5-6-19-21(28)24-26(39-24)29(3)18(8-10-30(19,29)34)15-11-20(31)36-13-15/h11,14,16-19,21-27,32-34H,5-10,12-13H2,1-4H3. The van der Waals surface area contributed by atoms with Gasteiger partial charge in [-0.15, -0.1) is 0 Å². The molecule has 4 saturated carbocycles. The fourth-order valence-electron chi connectivity index (χ4n) is 10.4. The van der Waals surface area contributed by atoms with E-state index in [2.05, 4.69) is 13.8 Å². The van der Waals surface area contributed by atoms with Crippen LogP contribution in [0.15, 0.2) is 11.6 Å². The average molecular weight is 549 g/mol. The first-order chi connectivity index (χ1) is 18.5. The van der Waals surface area contributed by atoms with Crippen LogP contribution in [0.5, 0.6) is 0 Å². The van der Waals surface area contributed by atoms with Crippen molar-refractivity contribution >= 4 is 5.97 Å². The number of hydrogen-bond acceptors (Lipinski definition) is 9. The monoisotopic (exact) mass is 548 g/mol. The zero-order valence-electron chi connectivity index (χ0n) is 23.5. The van der Waals surface area contributed by atoms with Crippen LogP contribution >= 0.6 is 0 Å². The van der Waals surface area contributed by atoms with E-state index in [4.69, 9.17) is 23.7 Å². The van der Waals surface area contributed by atoms with Crippen LogP contribution in [0.25, 0.3) is 0 Å². The summed E-state index contributed by atoms with van der Waals surface area (Å²) in [4.78, 5) is 11.9. The quantitative estimate of drug-likeness (QED) is 0.275. The number of esters is 1. The Bertz CT molecular complexity index is 1050. The molecule has 7 rings (SSSR count). The smallest absolute Gasteiger partial charge is 0.331 e. The van der Waals surface area contributed by atoms with Crippen molar-refractivity contribution in [2.75, 3.05) is 13.7 Å². The first-order valence-corrected chi connectivity index (χ1v) is 15.0. The van der Waals surface area contributed by atoms with Crippen molar-refractivity contribution in [1.82, 2.24) is 0 Å². The first kappa shape index (κ1) is 26.8. The highest BCUT2D eigenvalue weighted by atomic mass is 16.7. The number of epoxide rings is 1. The number of fused-ring (bicyclic) bond motifs is 8. The SMILES string of the molecule is COC1C(O)C(C)OC(OC2CCC3(C)C(CCC4C3C3OC3C3(C)C(C5=CC(=O)OC5)CCC43O)C2)C1O. The van der Waals surface area contributed by atoms with Gasteiger partial charge in [-0.05, 0) is 86.5 Å². The Hall–Kier alpha value is -1.07. The van der Waals surface area contributed by atoms with Crippen molar-refractivity contribution in [1.29, 1.82) is 0 Å². The van der Waals surface area contributed by atoms with E-state index in [1.54, 1.807) is 13.0 Å². The summed E-state index contributed by atoms with van der Waals surface area (Å²) in [6, 6.07) is 0. The summed E-state index contributed by atoms with van der Waals surface area (Å²) in [5, 5.41) is 33.6. The van der Waals surface area contributed by atoms with Crippen LogP contribution in [0.2, 0.25) is 0 Å². The molecular weight excluding hydrogens is 504 g/mol. The fourth-order valence-corrected chi connectivity index (χ4v) is 10.4. The highest BCUT2D eigenvalue weighted by molar-refractivity contribution is 5.85. The molecule has 0 spiro atoms. The molecule has 0 aromatic rings. The number of aliphatic hydroxyl groups excluding tert-OH is 2. The molecule has 0 amide bonds. The minimum atomic E-state index is -1.05. The van der Waals surface area contributed by atoms with Crippen molar-refractivity contribution in [2.24, 2.45) is 34.5 Å². The van der Waals surface area contributed by atoms with Crippen LogP contribution in [0.3, 0.4) is 0 Å². The lowest BCUT2D eigenvalue weighted by Gasteiger charge is -2.62. The van der Waals surface area contributed by atoms with Crippen LogP contribution in [-0.2, 0) is 28.5 Å². The van der Waals surface area contributed by atoms with Gasteiger partial charge in [0.25, 0.3) is 0 Å². The van der Waals surface area contributed by atoms with E-state index >= 15 is 0 Å². The Morgan fingerprint density at radius 1 is 1.05 bits per heavy atom. The summed E-state index contributed by atoms with van der Waals surface area (Å²) in [6.07, 6.45) is 3.98. The van der Waals surface area contributed by atoms with Crippen LogP contribution in [0, 0.1) is 34.5 Å². The molecule has 15 unspecified atom stereocenters. The largest absolute Gasteiger partial charge is 0.458 e. The Morgan fingerprint density at radius 3 is 2.56 bits per heavy atom. The molecule has 2 saturated heterocycles. The van der Waals surface area contributed by atoms with Crippen molar-refractivity contribution < 1.29 is 43.8 Å². The molecule has 3 heterocycles. The second-order valence-electron chi connectivity index (χ2n) is 14.0. The van der Waals surface area contributed by atoms with Gasteiger partial charge in [0.15, 0.2) is 6.29 Å². The minimum absolute atomic E-state index is 0.00192. The van der Waals surface area contributed by atoms with E-state index in [0.717, 1.165) is 50.5 Å². The maximum absolute atomic E-state index is 12.5. The summed E-state index contributed by atoms with van der Waals surface area (Å²) in [5.41, 5.74) is -0.169. The molecule has 218 valence electrons. The number of ether oxygens (including phenoxy) is 5. The third kappa shape index (κ3) is 3.60. The van der Waals surface area contributed by atoms with Gasteiger partial charge in [0.05, 0.1) is 30.0 Å². The topological polar surface area (TPSA) is 127 Å². The van der Waals surface area contributed by atoms with E-state index < -0.39 is 41.7 Å². The summed E-state index contributed by atoms with van der Waals surface area (Å²) in [6.45, 7) is 6.71. The van der Waals surface area contributed by atoms with Gasteiger partial charge >= 0.3 is 5.97 Å². The maximum Gasteiger partial charge on any atom is 0.331 e. The lowest BCUT2D eigenvalue weighted by atomic mass is 9.43. The normalized spacial score (nSPS) is 58.0. The van der Waals surface area contributed by atoms with Gasteiger partial charge < -0.3 is 39.0 Å². The van der Waals surface area contributed by atoms with Gasteiger partial charge in [0, 0.05) is 18.6 Å². The Labute approximate surface area is 230 Å². The molecule has 6 fully saturated rings. The van der Waals surface area contributed by atoms with Gasteiger partial charge in [0.2, 0.25) is 0 Å². The third-order valence-corrected chi connectivity index (χ3v) is 12.6. The van der Waals surface area contributed by atoms with E-state index in [9.17, 15) is 20.1 Å². The van der Waals surface area contributed by atoms with E-state index in [1.165, 1.54) is 7.11 Å². The predicted molar refractivity (Wildman–Crippen MR) is 137 cm³/mol. The summed E-state index contributed by atoms with van der Waals surface area (Å²) in [5.74, 6) is 0.727. The number of aliphatic hydroxyl groups is 3. The van der Waals surface area contributed by atoms with Crippen molar-refractivity contribution in [3.8, 4) is 0 Å². The van der Waals surface area contributed by atoms with E-state index in [1.807, 2.05) is 0 Å². The first-order valence-electron chi connectivity index (χ1n) is 15.0. The molecule has 4 aliphatic carbocycles. The highest BCUT2D eigenvalue weighted by Gasteiger charge is 2.79. The number of cyclic esters (lactones) is 1. The number of rotatable bonds is 4. The second kappa shape index (κ2) is 8.96. The van der Waals surface area contributed by atoms with E-state index in [-0.39, 0.29) is 41.5 Å². The molecule has 0 aromatic heterocycles. The molecule has 7 aliphatic rings. The van der Waals surface area contributed by atoms with Crippen LogP contribution in [0.4, 0.5) is 0 Å². The van der Waals surface area contributed by atoms with Gasteiger partial charge in [0.1, 0.15) is 24.9 Å². The fraction of sp³-hybridized carbons (Fsp3) is 0.900. The summed E-state index contributed by atoms with van der Waals surface area (Å²) < 4.78 is 29.4. The minimum Gasteiger partial charge on any atom is -0.458 e. The van der Waals surface area contributed by atoms with Gasteiger partial charge in [-0.3, -0.25) is 0 Å². The molecule has 0 aromatic carbocycles. The summed E-state index contributed by atoms with van der Waals surface area (Å²) >= 11 is 0. The number of carbonyl (C=O) groups is 1. The summed E-state index contributed by atoms with van der Waals surface area (Å²) in [7, 11) is 1.48. The number of carbonyl (C=O) groups excluding carboxylic acids is 1. The van der Waals surface area contributed by atoms with Gasteiger partial charge in [-0.1, -0.05) is 13.8 Å². The van der Waals surface area contributed by atoms with Crippen LogP contribution in [-0.4, -0.2) is 89.6 Å². The van der Waals surface area contributed by atoms with Gasteiger partial charge in [-0.2, -0.15) is 0 Å². The molecular formula is C30H44O9. The molecule has 0 radical (unpaired) electrons. The lowest BCUT2D eigenvalue weighted by Crippen LogP contribution is -2.65. The predicted octanol–water partition coefficient (Wildman–Crippen LogP) is 2.10. The molecule has 0 bridgehead atoms. The van der Waals surface area contributed by atoms with Crippen LogP contribution in [0.1, 0.15) is 65.7 Å². The number of methoxy groups -OCH3 is 1. The van der Waals surface area contributed by atoms with Crippen molar-refractivity contribution in [2.45, 2.75) is 120 Å². The van der Waals surface area contributed by atoms with E-state index in [0.29, 0.717) is 18.4 Å². The molecule has 9 nitrogen and oxygen atoms in total. The van der Waals surface area contributed by atoms with Crippen molar-refractivity contribution in [3.63, 3.8) is 0 Å². The lowest BCUT2D eigenvalue weighted by molar-refractivity contribution is -0.313. The molecule has 3 N–H and O–H groups in total. The molecule has 39 heavy (non-hydrogen) atoms. The Morgan fingerprint density at radius 2 is 1.85 bits per heavy atom. The highest BCUT2D eigenvalue weighted by Crippen LogP contribution is 2.74. The molecule has 15 atom stereocenters. The average Bonchev–Trinajstić information content (AvgIpc) is 3.51. The van der Waals surface area contributed by atoms with Crippen molar-refractivity contribution in [3.05, 3.63) is 11.6 Å². The van der Waals surface area contributed by atoms with Crippen LogP contribution < -0.4 is 0 Å². The Balaban J connectivity index is 1.09. The maximum atomic E-state index is 12.5. The third-order valence-electron chi connectivity index (χ3n) is 12.6. The Kier molecular flexibility index (Phi) is 6.16. The molecule has 9 heteroatoms.